The Balaban J connectivity index is 2.86. The van der Waals surface area contributed by atoms with Crippen molar-refractivity contribution in [3.8, 4) is 0 Å². The van der Waals surface area contributed by atoms with Crippen LogP contribution in [0.4, 0.5) is 4.39 Å². The van der Waals surface area contributed by atoms with E-state index in [1.165, 1.54) is 18.2 Å². The van der Waals surface area contributed by atoms with Crippen molar-refractivity contribution >= 4 is 17.4 Å². The highest BCUT2D eigenvalue weighted by Gasteiger charge is 2.11. The summed E-state index contributed by atoms with van der Waals surface area (Å²) >= 11 is 5.83. The van der Waals surface area contributed by atoms with E-state index in [0.717, 1.165) is 0 Å². The number of halogens is 2. The van der Waals surface area contributed by atoms with Crippen LogP contribution in [0.5, 0.6) is 0 Å². The lowest BCUT2D eigenvalue weighted by Gasteiger charge is -2.05. The maximum atomic E-state index is 12.8. The van der Waals surface area contributed by atoms with Crippen molar-refractivity contribution in [2.24, 2.45) is 5.92 Å². The standard InChI is InChI=1S/C11H12ClFO/c1-7(2)11(14)6-8-5-9(13)3-4-10(8)12/h3-5,7H,6H2,1-2H3. The van der Waals surface area contributed by atoms with Gasteiger partial charge in [-0.3, -0.25) is 4.79 Å². The molecule has 0 amide bonds. The smallest absolute Gasteiger partial charge is 0.139 e. The van der Waals surface area contributed by atoms with Crippen LogP contribution in [0.1, 0.15) is 19.4 Å². The van der Waals surface area contributed by atoms with E-state index in [-0.39, 0.29) is 23.9 Å². The molecule has 0 bridgehead atoms. The minimum absolute atomic E-state index is 0.0469. The summed E-state index contributed by atoms with van der Waals surface area (Å²) in [7, 11) is 0. The third kappa shape index (κ3) is 2.81. The first-order valence-corrected chi connectivity index (χ1v) is 4.85. The van der Waals surface area contributed by atoms with Gasteiger partial charge in [0.2, 0.25) is 0 Å². The molecule has 3 heteroatoms. The molecule has 0 aliphatic rings. The summed E-state index contributed by atoms with van der Waals surface area (Å²) in [5, 5.41) is 0.445. The normalized spacial score (nSPS) is 10.6. The number of hydrogen-bond acceptors (Lipinski definition) is 1. The lowest BCUT2D eigenvalue weighted by molar-refractivity contribution is -0.121. The minimum Gasteiger partial charge on any atom is -0.299 e. The second-order valence-corrected chi connectivity index (χ2v) is 3.94. The van der Waals surface area contributed by atoms with Crippen LogP contribution in [0.15, 0.2) is 18.2 Å². The molecule has 1 rings (SSSR count). The van der Waals surface area contributed by atoms with Crippen LogP contribution >= 0.6 is 11.6 Å². The molecule has 0 heterocycles. The van der Waals surface area contributed by atoms with E-state index in [0.29, 0.717) is 10.6 Å². The third-order valence-electron chi connectivity index (χ3n) is 2.02. The van der Waals surface area contributed by atoms with Crippen LogP contribution in [0.2, 0.25) is 5.02 Å². The van der Waals surface area contributed by atoms with Gasteiger partial charge in [-0.15, -0.1) is 0 Å². The summed E-state index contributed by atoms with van der Waals surface area (Å²) in [6, 6.07) is 4.06. The SMILES string of the molecule is CC(C)C(=O)Cc1cc(F)ccc1Cl. The Hall–Kier alpha value is -0.890. The van der Waals surface area contributed by atoms with Crippen molar-refractivity contribution in [3.63, 3.8) is 0 Å². The number of benzene rings is 1. The van der Waals surface area contributed by atoms with E-state index >= 15 is 0 Å². The molecule has 0 aliphatic heterocycles. The quantitative estimate of drug-likeness (QED) is 0.755. The predicted octanol–water partition coefficient (Wildman–Crippen LogP) is 3.25. The average molecular weight is 215 g/mol. The van der Waals surface area contributed by atoms with Crippen molar-refractivity contribution in [2.45, 2.75) is 20.3 Å². The summed E-state index contributed by atoms with van der Waals surface area (Å²) in [4.78, 5) is 11.4. The van der Waals surface area contributed by atoms with Crippen LogP contribution in [-0.2, 0) is 11.2 Å². The largest absolute Gasteiger partial charge is 0.299 e. The predicted molar refractivity (Wildman–Crippen MR) is 55.0 cm³/mol. The van der Waals surface area contributed by atoms with E-state index in [1.807, 2.05) is 13.8 Å². The topological polar surface area (TPSA) is 17.1 Å². The first-order valence-electron chi connectivity index (χ1n) is 4.47. The maximum absolute atomic E-state index is 12.8. The summed E-state index contributed by atoms with van der Waals surface area (Å²) in [5.41, 5.74) is 0.561. The second kappa shape index (κ2) is 4.56. The zero-order valence-corrected chi connectivity index (χ0v) is 8.94. The Morgan fingerprint density at radius 1 is 1.50 bits per heavy atom. The fraction of sp³-hybridized carbons (Fsp3) is 0.364. The van der Waals surface area contributed by atoms with Gasteiger partial charge in [0.05, 0.1) is 0 Å². The Bertz CT molecular complexity index is 347. The Labute approximate surface area is 87.9 Å². The molecule has 0 unspecified atom stereocenters. The van der Waals surface area contributed by atoms with Crippen LogP contribution in [0.25, 0.3) is 0 Å². The van der Waals surface area contributed by atoms with E-state index < -0.39 is 0 Å². The molecule has 0 aliphatic carbocycles. The molecule has 0 aromatic heterocycles. The van der Waals surface area contributed by atoms with Gasteiger partial charge in [-0.05, 0) is 23.8 Å². The van der Waals surface area contributed by atoms with Crippen molar-refractivity contribution in [3.05, 3.63) is 34.6 Å². The van der Waals surface area contributed by atoms with Gasteiger partial charge in [-0.1, -0.05) is 25.4 Å². The number of Topliss-reactive ketones (excluding diaryl/α,β-unsaturated/α-hetero) is 1. The van der Waals surface area contributed by atoms with Gasteiger partial charge >= 0.3 is 0 Å². The van der Waals surface area contributed by atoms with Crippen LogP contribution in [-0.4, -0.2) is 5.78 Å². The number of ketones is 1. The zero-order chi connectivity index (χ0) is 10.7. The Kier molecular flexibility index (Phi) is 3.64. The molecule has 0 atom stereocenters. The van der Waals surface area contributed by atoms with Gasteiger partial charge in [0.25, 0.3) is 0 Å². The number of carbonyl (C=O) groups is 1. The van der Waals surface area contributed by atoms with Gasteiger partial charge < -0.3 is 0 Å². The molecule has 76 valence electrons. The first-order chi connectivity index (χ1) is 6.50. The van der Waals surface area contributed by atoms with E-state index in [1.54, 1.807) is 0 Å². The van der Waals surface area contributed by atoms with Gasteiger partial charge in [-0.2, -0.15) is 0 Å². The Morgan fingerprint density at radius 3 is 2.71 bits per heavy atom. The number of carbonyl (C=O) groups excluding carboxylic acids is 1. The third-order valence-corrected chi connectivity index (χ3v) is 2.39. The monoisotopic (exact) mass is 214 g/mol. The molecule has 0 spiro atoms. The molecule has 0 saturated heterocycles. The molecule has 1 aromatic carbocycles. The van der Waals surface area contributed by atoms with Gasteiger partial charge in [-0.25, -0.2) is 4.39 Å². The molecular formula is C11H12ClFO. The van der Waals surface area contributed by atoms with Crippen molar-refractivity contribution < 1.29 is 9.18 Å². The summed E-state index contributed by atoms with van der Waals surface area (Å²) in [6.07, 6.45) is 0.203. The summed E-state index contributed by atoms with van der Waals surface area (Å²) < 4.78 is 12.8. The van der Waals surface area contributed by atoms with Crippen LogP contribution in [0, 0.1) is 11.7 Å². The number of hydrogen-bond donors (Lipinski definition) is 0. The molecule has 0 fully saturated rings. The van der Waals surface area contributed by atoms with Gasteiger partial charge in [0.1, 0.15) is 11.6 Å². The Morgan fingerprint density at radius 2 is 2.14 bits per heavy atom. The van der Waals surface area contributed by atoms with Gasteiger partial charge in [0.15, 0.2) is 0 Å². The molecule has 14 heavy (non-hydrogen) atoms. The fourth-order valence-electron chi connectivity index (χ4n) is 1.07. The lowest BCUT2D eigenvalue weighted by atomic mass is 10.0. The van der Waals surface area contributed by atoms with Crippen molar-refractivity contribution in [1.29, 1.82) is 0 Å². The molecule has 0 saturated carbocycles. The lowest BCUT2D eigenvalue weighted by Crippen LogP contribution is -2.10. The van der Waals surface area contributed by atoms with E-state index in [4.69, 9.17) is 11.6 Å². The second-order valence-electron chi connectivity index (χ2n) is 3.53. The minimum atomic E-state index is -0.360. The van der Waals surface area contributed by atoms with Crippen molar-refractivity contribution in [1.82, 2.24) is 0 Å². The molecule has 1 nitrogen and oxygen atoms in total. The highest BCUT2D eigenvalue weighted by molar-refractivity contribution is 6.31. The number of rotatable bonds is 3. The molecule has 1 aromatic rings. The molecular weight excluding hydrogens is 203 g/mol. The van der Waals surface area contributed by atoms with E-state index in [2.05, 4.69) is 0 Å². The highest BCUT2D eigenvalue weighted by Crippen LogP contribution is 2.18. The summed E-state index contributed by atoms with van der Waals surface area (Å²) in [5.74, 6) is -0.340. The van der Waals surface area contributed by atoms with Crippen molar-refractivity contribution in [2.75, 3.05) is 0 Å². The average Bonchev–Trinajstić information content (AvgIpc) is 2.11. The zero-order valence-electron chi connectivity index (χ0n) is 8.18. The van der Waals surface area contributed by atoms with Crippen LogP contribution < -0.4 is 0 Å². The summed E-state index contributed by atoms with van der Waals surface area (Å²) in [6.45, 7) is 3.63. The fourth-order valence-corrected chi connectivity index (χ4v) is 1.25. The maximum Gasteiger partial charge on any atom is 0.139 e. The first kappa shape index (κ1) is 11.2. The van der Waals surface area contributed by atoms with Crippen LogP contribution in [0.3, 0.4) is 0 Å². The van der Waals surface area contributed by atoms with Gasteiger partial charge in [0, 0.05) is 17.4 Å². The van der Waals surface area contributed by atoms with E-state index in [9.17, 15) is 9.18 Å². The highest BCUT2D eigenvalue weighted by atomic mass is 35.5. The molecule has 0 N–H and O–H groups in total. The molecule has 0 radical (unpaired) electrons.